The fraction of sp³-hybridized carbons (Fsp3) is 0.500. The summed E-state index contributed by atoms with van der Waals surface area (Å²) in [5.74, 6) is 0.968. The molecule has 0 spiro atoms. The standard InChI is InChI=1S/C14H17NO3/c1-17-11-6-4-10(5-7-11)12-13(18-12)14(16)15-8-2-3-9-15/h4-7,12-13H,2-3,8-9H2,1H3/t12-,13+/m0/s1. The number of epoxide rings is 1. The summed E-state index contributed by atoms with van der Waals surface area (Å²) in [5, 5.41) is 0. The lowest BCUT2D eigenvalue weighted by atomic mass is 10.1. The molecule has 1 amide bonds. The van der Waals surface area contributed by atoms with Crippen LogP contribution in [0.4, 0.5) is 0 Å². The van der Waals surface area contributed by atoms with Gasteiger partial charge in [-0.05, 0) is 30.5 Å². The van der Waals surface area contributed by atoms with E-state index in [0.717, 1.165) is 37.2 Å². The second kappa shape index (κ2) is 4.61. The minimum absolute atomic E-state index is 0.0657. The van der Waals surface area contributed by atoms with Gasteiger partial charge in [0, 0.05) is 13.1 Å². The van der Waals surface area contributed by atoms with Crippen molar-refractivity contribution >= 4 is 5.91 Å². The smallest absolute Gasteiger partial charge is 0.254 e. The van der Waals surface area contributed by atoms with Gasteiger partial charge in [0.15, 0.2) is 6.10 Å². The quantitative estimate of drug-likeness (QED) is 0.764. The molecule has 2 heterocycles. The maximum Gasteiger partial charge on any atom is 0.254 e. The maximum absolute atomic E-state index is 12.1. The topological polar surface area (TPSA) is 42.1 Å². The van der Waals surface area contributed by atoms with Crippen LogP contribution in [0.15, 0.2) is 24.3 Å². The summed E-state index contributed by atoms with van der Waals surface area (Å²) >= 11 is 0. The summed E-state index contributed by atoms with van der Waals surface area (Å²) in [4.78, 5) is 14.0. The first-order chi connectivity index (χ1) is 8.79. The van der Waals surface area contributed by atoms with Crippen molar-refractivity contribution in [3.8, 4) is 5.75 Å². The highest BCUT2D eigenvalue weighted by atomic mass is 16.6. The van der Waals surface area contributed by atoms with E-state index in [-0.39, 0.29) is 18.1 Å². The molecule has 0 saturated carbocycles. The first kappa shape index (κ1) is 11.5. The zero-order valence-electron chi connectivity index (χ0n) is 10.5. The third-order valence-corrected chi connectivity index (χ3v) is 3.60. The fourth-order valence-corrected chi connectivity index (χ4v) is 2.46. The van der Waals surface area contributed by atoms with Crippen molar-refractivity contribution in [3.63, 3.8) is 0 Å². The van der Waals surface area contributed by atoms with Gasteiger partial charge < -0.3 is 14.4 Å². The molecule has 0 aliphatic carbocycles. The zero-order valence-corrected chi connectivity index (χ0v) is 10.5. The first-order valence-electron chi connectivity index (χ1n) is 6.38. The number of nitrogens with zero attached hydrogens (tertiary/aromatic N) is 1. The predicted molar refractivity (Wildman–Crippen MR) is 66.4 cm³/mol. The number of likely N-dealkylation sites (tertiary alicyclic amines) is 1. The van der Waals surface area contributed by atoms with Crippen LogP contribution in [0.2, 0.25) is 0 Å². The molecule has 2 fully saturated rings. The summed E-state index contributed by atoms with van der Waals surface area (Å²) in [5.41, 5.74) is 1.05. The van der Waals surface area contributed by atoms with E-state index in [2.05, 4.69) is 0 Å². The highest BCUT2D eigenvalue weighted by Gasteiger charge is 2.48. The number of benzene rings is 1. The Morgan fingerprint density at radius 3 is 2.56 bits per heavy atom. The van der Waals surface area contributed by atoms with Gasteiger partial charge in [-0.15, -0.1) is 0 Å². The van der Waals surface area contributed by atoms with E-state index in [1.54, 1.807) is 7.11 Å². The van der Waals surface area contributed by atoms with Gasteiger partial charge in [-0.25, -0.2) is 0 Å². The molecule has 0 aromatic heterocycles. The van der Waals surface area contributed by atoms with Crippen LogP contribution >= 0.6 is 0 Å². The Morgan fingerprint density at radius 1 is 1.28 bits per heavy atom. The van der Waals surface area contributed by atoms with Crippen molar-refractivity contribution in [1.29, 1.82) is 0 Å². The molecule has 2 aliphatic rings. The van der Waals surface area contributed by atoms with Crippen molar-refractivity contribution in [2.75, 3.05) is 20.2 Å². The van der Waals surface area contributed by atoms with Gasteiger partial charge in [-0.2, -0.15) is 0 Å². The SMILES string of the molecule is COc1ccc([C@@H]2O[C@H]2C(=O)N2CCCC2)cc1. The molecule has 0 radical (unpaired) electrons. The number of carbonyl (C=O) groups is 1. The third kappa shape index (κ3) is 2.08. The van der Waals surface area contributed by atoms with Gasteiger partial charge in [0.05, 0.1) is 7.11 Å². The Kier molecular flexibility index (Phi) is 2.96. The number of carbonyl (C=O) groups excluding carboxylic acids is 1. The van der Waals surface area contributed by atoms with Gasteiger partial charge in [0.1, 0.15) is 11.9 Å². The second-order valence-electron chi connectivity index (χ2n) is 4.78. The Labute approximate surface area is 106 Å². The Morgan fingerprint density at radius 2 is 1.94 bits per heavy atom. The molecule has 0 bridgehead atoms. The Hall–Kier alpha value is -1.55. The van der Waals surface area contributed by atoms with Crippen molar-refractivity contribution in [2.24, 2.45) is 0 Å². The third-order valence-electron chi connectivity index (χ3n) is 3.60. The van der Waals surface area contributed by atoms with Crippen molar-refractivity contribution < 1.29 is 14.3 Å². The number of methoxy groups -OCH3 is 1. The molecular formula is C14H17NO3. The van der Waals surface area contributed by atoms with Crippen molar-refractivity contribution in [2.45, 2.75) is 25.0 Å². The number of ether oxygens (including phenoxy) is 2. The van der Waals surface area contributed by atoms with E-state index in [4.69, 9.17) is 9.47 Å². The molecule has 4 nitrogen and oxygen atoms in total. The van der Waals surface area contributed by atoms with E-state index in [1.807, 2.05) is 29.2 Å². The lowest BCUT2D eigenvalue weighted by Gasteiger charge is -2.13. The maximum atomic E-state index is 12.1. The van der Waals surface area contributed by atoms with Crippen LogP contribution in [-0.4, -0.2) is 37.1 Å². The minimum atomic E-state index is -0.267. The van der Waals surface area contributed by atoms with Crippen LogP contribution in [0.1, 0.15) is 24.5 Å². The summed E-state index contributed by atoms with van der Waals surface area (Å²) in [7, 11) is 1.64. The first-order valence-corrected chi connectivity index (χ1v) is 6.38. The van der Waals surface area contributed by atoms with E-state index in [9.17, 15) is 4.79 Å². The van der Waals surface area contributed by atoms with Crippen LogP contribution in [0.25, 0.3) is 0 Å². The summed E-state index contributed by atoms with van der Waals surface area (Å²) in [6, 6.07) is 7.71. The average Bonchev–Trinajstić information content (AvgIpc) is 3.03. The Bertz CT molecular complexity index is 437. The molecule has 0 unspecified atom stereocenters. The van der Waals surface area contributed by atoms with Crippen LogP contribution in [0.3, 0.4) is 0 Å². The lowest BCUT2D eigenvalue weighted by Crippen LogP contribution is -2.31. The van der Waals surface area contributed by atoms with Gasteiger partial charge >= 0.3 is 0 Å². The molecule has 3 rings (SSSR count). The van der Waals surface area contributed by atoms with Gasteiger partial charge in [-0.3, -0.25) is 4.79 Å². The number of hydrogen-bond donors (Lipinski definition) is 0. The molecule has 18 heavy (non-hydrogen) atoms. The summed E-state index contributed by atoms with van der Waals surface area (Å²) in [6.07, 6.45) is 1.90. The van der Waals surface area contributed by atoms with E-state index in [0.29, 0.717) is 0 Å². The molecule has 1 aromatic carbocycles. The normalized spacial score (nSPS) is 26.2. The molecule has 96 valence electrons. The second-order valence-corrected chi connectivity index (χ2v) is 4.78. The van der Waals surface area contributed by atoms with E-state index < -0.39 is 0 Å². The highest BCUT2D eigenvalue weighted by molar-refractivity contribution is 5.84. The van der Waals surface area contributed by atoms with Crippen LogP contribution in [-0.2, 0) is 9.53 Å². The highest BCUT2D eigenvalue weighted by Crippen LogP contribution is 2.40. The van der Waals surface area contributed by atoms with E-state index in [1.165, 1.54) is 0 Å². The fourth-order valence-electron chi connectivity index (χ4n) is 2.46. The number of amides is 1. The molecule has 2 saturated heterocycles. The number of rotatable bonds is 3. The monoisotopic (exact) mass is 247 g/mol. The van der Waals surface area contributed by atoms with Crippen LogP contribution in [0, 0.1) is 0 Å². The Balaban J connectivity index is 1.63. The number of hydrogen-bond acceptors (Lipinski definition) is 3. The van der Waals surface area contributed by atoms with Crippen molar-refractivity contribution in [1.82, 2.24) is 4.90 Å². The molecular weight excluding hydrogens is 230 g/mol. The summed E-state index contributed by atoms with van der Waals surface area (Å²) in [6.45, 7) is 1.77. The average molecular weight is 247 g/mol. The van der Waals surface area contributed by atoms with Gasteiger partial charge in [0.25, 0.3) is 5.91 Å². The molecule has 0 N–H and O–H groups in total. The van der Waals surface area contributed by atoms with E-state index >= 15 is 0 Å². The molecule has 2 aliphatic heterocycles. The van der Waals surface area contributed by atoms with Crippen LogP contribution in [0.5, 0.6) is 5.75 Å². The van der Waals surface area contributed by atoms with Crippen LogP contribution < -0.4 is 4.74 Å². The van der Waals surface area contributed by atoms with Crippen molar-refractivity contribution in [3.05, 3.63) is 29.8 Å². The zero-order chi connectivity index (χ0) is 12.5. The summed E-state index contributed by atoms with van der Waals surface area (Å²) < 4.78 is 10.6. The minimum Gasteiger partial charge on any atom is -0.497 e. The van der Waals surface area contributed by atoms with Gasteiger partial charge in [-0.1, -0.05) is 12.1 Å². The lowest BCUT2D eigenvalue weighted by molar-refractivity contribution is -0.131. The molecule has 2 atom stereocenters. The largest absolute Gasteiger partial charge is 0.497 e. The predicted octanol–water partition coefficient (Wildman–Crippen LogP) is 1.76. The molecule has 4 heteroatoms. The molecule has 1 aromatic rings. The van der Waals surface area contributed by atoms with Gasteiger partial charge in [0.2, 0.25) is 0 Å².